The zero-order chi connectivity index (χ0) is 9.42. The number of rotatable bonds is 2. The van der Waals surface area contributed by atoms with Crippen molar-refractivity contribution in [3.63, 3.8) is 0 Å². The Morgan fingerprint density at radius 3 is 2.85 bits per heavy atom. The smallest absolute Gasteiger partial charge is 0.250 e. The molecule has 0 aliphatic heterocycles. The van der Waals surface area contributed by atoms with Crippen LogP contribution in [0.1, 0.15) is 40.4 Å². The van der Waals surface area contributed by atoms with Crippen LogP contribution in [0.3, 0.4) is 0 Å². The van der Waals surface area contributed by atoms with Gasteiger partial charge in [0.05, 0.1) is 5.56 Å². The van der Waals surface area contributed by atoms with Crippen LogP contribution in [0.5, 0.6) is 0 Å². The first-order valence-electron chi connectivity index (χ1n) is 4.45. The second kappa shape index (κ2) is 2.83. The van der Waals surface area contributed by atoms with Crippen LogP contribution >= 0.6 is 0 Å². The fourth-order valence-corrected chi connectivity index (χ4v) is 1.49. The Bertz CT molecular complexity index is 356. The minimum absolute atomic E-state index is 0.394. The van der Waals surface area contributed by atoms with Crippen LogP contribution in [0.25, 0.3) is 0 Å². The molecule has 1 saturated carbocycles. The van der Waals surface area contributed by atoms with E-state index in [0.717, 1.165) is 5.69 Å². The Morgan fingerprint density at radius 2 is 2.31 bits per heavy atom. The van der Waals surface area contributed by atoms with Crippen LogP contribution in [0, 0.1) is 6.92 Å². The van der Waals surface area contributed by atoms with Crippen LogP contribution in [0.15, 0.2) is 12.3 Å². The highest BCUT2D eigenvalue weighted by Gasteiger charge is 2.26. The summed E-state index contributed by atoms with van der Waals surface area (Å²) >= 11 is 0. The summed E-state index contributed by atoms with van der Waals surface area (Å²) in [4.78, 5) is 15.1. The van der Waals surface area contributed by atoms with Gasteiger partial charge in [0.25, 0.3) is 0 Å². The fraction of sp³-hybridized carbons (Fsp3) is 0.400. The molecule has 1 fully saturated rings. The van der Waals surface area contributed by atoms with E-state index in [1.165, 1.54) is 18.4 Å². The van der Waals surface area contributed by atoms with E-state index < -0.39 is 5.91 Å². The van der Waals surface area contributed by atoms with Crippen LogP contribution < -0.4 is 5.73 Å². The van der Waals surface area contributed by atoms with E-state index in [9.17, 15) is 4.79 Å². The van der Waals surface area contributed by atoms with Crippen LogP contribution in [-0.2, 0) is 0 Å². The highest BCUT2D eigenvalue weighted by atomic mass is 16.1. The molecule has 13 heavy (non-hydrogen) atoms. The van der Waals surface area contributed by atoms with E-state index in [2.05, 4.69) is 4.98 Å². The van der Waals surface area contributed by atoms with Gasteiger partial charge in [-0.15, -0.1) is 0 Å². The van der Waals surface area contributed by atoms with Crippen molar-refractivity contribution >= 4 is 5.91 Å². The summed E-state index contributed by atoms with van der Waals surface area (Å²) in [6.45, 7) is 1.97. The van der Waals surface area contributed by atoms with Gasteiger partial charge in [0.1, 0.15) is 0 Å². The number of nitrogens with two attached hydrogens (primary N) is 1. The summed E-state index contributed by atoms with van der Waals surface area (Å²) in [6, 6.07) is 1.88. The second-order valence-corrected chi connectivity index (χ2v) is 3.54. The lowest BCUT2D eigenvalue weighted by Crippen LogP contribution is -2.12. The predicted molar refractivity (Wildman–Crippen MR) is 49.5 cm³/mol. The van der Waals surface area contributed by atoms with Gasteiger partial charge in [-0.1, -0.05) is 0 Å². The van der Waals surface area contributed by atoms with E-state index >= 15 is 0 Å². The van der Waals surface area contributed by atoms with Gasteiger partial charge in [-0.25, -0.2) is 0 Å². The minimum atomic E-state index is -0.394. The summed E-state index contributed by atoms with van der Waals surface area (Å²) in [7, 11) is 0. The molecule has 1 aliphatic carbocycles. The standard InChI is InChI=1S/C10H12N2O/c1-6-9(7-2-3-7)4-8(5-12-6)10(11)13/h4-5,7H,2-3H2,1H3,(H2,11,13). The lowest BCUT2D eigenvalue weighted by Gasteiger charge is -2.03. The van der Waals surface area contributed by atoms with Gasteiger partial charge in [-0.05, 0) is 37.3 Å². The van der Waals surface area contributed by atoms with Gasteiger partial charge >= 0.3 is 0 Å². The maximum Gasteiger partial charge on any atom is 0.250 e. The maximum atomic E-state index is 10.9. The van der Waals surface area contributed by atoms with Crippen molar-refractivity contribution < 1.29 is 4.79 Å². The third-order valence-corrected chi connectivity index (χ3v) is 2.43. The molecule has 1 heterocycles. The average molecular weight is 176 g/mol. The molecule has 0 saturated heterocycles. The van der Waals surface area contributed by atoms with Crippen LogP contribution in [-0.4, -0.2) is 10.9 Å². The van der Waals surface area contributed by atoms with E-state index in [-0.39, 0.29) is 0 Å². The molecule has 0 atom stereocenters. The van der Waals surface area contributed by atoms with E-state index in [0.29, 0.717) is 11.5 Å². The van der Waals surface area contributed by atoms with Crippen LogP contribution in [0.2, 0.25) is 0 Å². The molecule has 0 bridgehead atoms. The quantitative estimate of drug-likeness (QED) is 0.739. The first kappa shape index (κ1) is 8.23. The van der Waals surface area contributed by atoms with E-state index in [1.54, 1.807) is 6.20 Å². The maximum absolute atomic E-state index is 10.9. The largest absolute Gasteiger partial charge is 0.366 e. The molecule has 3 nitrogen and oxygen atoms in total. The fourth-order valence-electron chi connectivity index (χ4n) is 1.49. The molecular formula is C10H12N2O. The Hall–Kier alpha value is -1.38. The van der Waals surface area contributed by atoms with Crippen molar-refractivity contribution in [3.8, 4) is 0 Å². The monoisotopic (exact) mass is 176 g/mol. The first-order chi connectivity index (χ1) is 6.18. The molecular weight excluding hydrogens is 164 g/mol. The number of aryl methyl sites for hydroxylation is 1. The molecule has 0 spiro atoms. The third kappa shape index (κ3) is 1.54. The zero-order valence-electron chi connectivity index (χ0n) is 7.58. The van der Waals surface area contributed by atoms with Crippen molar-refractivity contribution in [2.24, 2.45) is 5.73 Å². The molecule has 1 aliphatic rings. The van der Waals surface area contributed by atoms with E-state index in [1.807, 2.05) is 13.0 Å². The van der Waals surface area contributed by atoms with Crippen molar-refractivity contribution in [1.29, 1.82) is 0 Å². The van der Waals surface area contributed by atoms with Gasteiger partial charge < -0.3 is 5.73 Å². The van der Waals surface area contributed by atoms with Gasteiger partial charge in [-0.2, -0.15) is 0 Å². The predicted octanol–water partition coefficient (Wildman–Crippen LogP) is 1.37. The minimum Gasteiger partial charge on any atom is -0.366 e. The van der Waals surface area contributed by atoms with Crippen molar-refractivity contribution in [2.45, 2.75) is 25.7 Å². The molecule has 1 aromatic heterocycles. The normalized spacial score (nSPS) is 15.8. The van der Waals surface area contributed by atoms with Gasteiger partial charge in [0, 0.05) is 11.9 Å². The SMILES string of the molecule is Cc1ncc(C(N)=O)cc1C1CC1. The zero-order valence-corrected chi connectivity index (χ0v) is 7.58. The van der Waals surface area contributed by atoms with E-state index in [4.69, 9.17) is 5.73 Å². The Balaban J connectivity index is 2.41. The highest BCUT2D eigenvalue weighted by molar-refractivity contribution is 5.92. The average Bonchev–Trinajstić information content (AvgIpc) is 2.87. The molecule has 2 N–H and O–H groups in total. The lowest BCUT2D eigenvalue weighted by atomic mass is 10.1. The van der Waals surface area contributed by atoms with Gasteiger partial charge in [0.15, 0.2) is 0 Å². The second-order valence-electron chi connectivity index (χ2n) is 3.54. The van der Waals surface area contributed by atoms with Crippen LogP contribution in [0.4, 0.5) is 0 Å². The molecule has 1 aromatic rings. The topological polar surface area (TPSA) is 56.0 Å². The lowest BCUT2D eigenvalue weighted by molar-refractivity contribution is 0.1000. The molecule has 3 heteroatoms. The number of amides is 1. The summed E-state index contributed by atoms with van der Waals surface area (Å²) in [5, 5.41) is 0. The first-order valence-corrected chi connectivity index (χ1v) is 4.45. The van der Waals surface area contributed by atoms with Gasteiger partial charge in [-0.3, -0.25) is 9.78 Å². The molecule has 1 amide bonds. The van der Waals surface area contributed by atoms with Gasteiger partial charge in [0.2, 0.25) is 5.91 Å². The van der Waals surface area contributed by atoms with Crippen molar-refractivity contribution in [3.05, 3.63) is 29.1 Å². The Morgan fingerprint density at radius 1 is 1.62 bits per heavy atom. The number of hydrogen-bond acceptors (Lipinski definition) is 2. The number of aromatic nitrogens is 1. The molecule has 68 valence electrons. The summed E-state index contributed by atoms with van der Waals surface area (Å²) in [6.07, 6.45) is 3.97. The molecule has 0 aromatic carbocycles. The Kier molecular flexibility index (Phi) is 1.79. The summed E-state index contributed by atoms with van der Waals surface area (Å²) < 4.78 is 0. The van der Waals surface area contributed by atoms with Crippen molar-refractivity contribution in [2.75, 3.05) is 0 Å². The number of hydrogen-bond donors (Lipinski definition) is 1. The molecule has 0 radical (unpaired) electrons. The van der Waals surface area contributed by atoms with Crippen molar-refractivity contribution in [1.82, 2.24) is 4.98 Å². The third-order valence-electron chi connectivity index (χ3n) is 2.43. The number of pyridine rings is 1. The highest BCUT2D eigenvalue weighted by Crippen LogP contribution is 2.41. The number of carbonyl (C=O) groups is 1. The molecule has 0 unspecified atom stereocenters. The summed E-state index contributed by atoms with van der Waals surface area (Å²) in [5.41, 5.74) is 7.91. The molecule has 2 rings (SSSR count). The number of primary amides is 1. The Labute approximate surface area is 77.0 Å². The summed E-state index contributed by atoms with van der Waals surface area (Å²) in [5.74, 6) is 0.223. The number of carbonyl (C=O) groups excluding carboxylic acids is 1. The number of nitrogens with zero attached hydrogens (tertiary/aromatic N) is 1.